The number of anilines is 2. The molecule has 5 heteroatoms. The topological polar surface area (TPSA) is 64.3 Å². The summed E-state index contributed by atoms with van der Waals surface area (Å²) in [5.41, 5.74) is 7.20. The number of nitrogens with one attached hydrogen (secondary N) is 1. The summed E-state index contributed by atoms with van der Waals surface area (Å²) in [5.74, 6) is -0.228. The van der Waals surface area contributed by atoms with E-state index in [9.17, 15) is 4.79 Å². The SMILES string of the molecule is COC(=O)CCNc1ccc(N)cc1Br. The van der Waals surface area contributed by atoms with Crippen LogP contribution >= 0.6 is 15.9 Å². The van der Waals surface area contributed by atoms with E-state index in [0.29, 0.717) is 18.7 Å². The molecule has 1 aromatic carbocycles. The van der Waals surface area contributed by atoms with E-state index in [-0.39, 0.29) is 5.97 Å². The predicted octanol–water partition coefficient (Wildman–Crippen LogP) is 2.01. The maximum absolute atomic E-state index is 10.8. The Morgan fingerprint density at radius 2 is 2.33 bits per heavy atom. The first kappa shape index (κ1) is 11.8. The third kappa shape index (κ3) is 3.79. The number of halogens is 1. The second kappa shape index (κ2) is 5.60. The highest BCUT2D eigenvalue weighted by atomic mass is 79.9. The zero-order valence-corrected chi connectivity index (χ0v) is 10.0. The standard InChI is InChI=1S/C10H13BrN2O2/c1-15-10(14)4-5-13-9-3-2-7(12)6-8(9)11/h2-3,6,13H,4-5,12H2,1H3. The molecule has 3 N–H and O–H groups in total. The van der Waals surface area contributed by atoms with Crippen molar-refractivity contribution in [1.29, 1.82) is 0 Å². The summed E-state index contributed by atoms with van der Waals surface area (Å²) in [7, 11) is 1.38. The Morgan fingerprint density at radius 3 is 2.93 bits per heavy atom. The van der Waals surface area contributed by atoms with Crippen LogP contribution in [0.15, 0.2) is 22.7 Å². The van der Waals surface area contributed by atoms with Gasteiger partial charge in [0.25, 0.3) is 0 Å². The van der Waals surface area contributed by atoms with E-state index in [2.05, 4.69) is 26.0 Å². The minimum absolute atomic E-state index is 0.228. The molecule has 0 fully saturated rings. The minimum atomic E-state index is -0.228. The summed E-state index contributed by atoms with van der Waals surface area (Å²) < 4.78 is 5.41. The van der Waals surface area contributed by atoms with Crippen molar-refractivity contribution in [2.45, 2.75) is 6.42 Å². The van der Waals surface area contributed by atoms with Crippen molar-refractivity contribution in [3.05, 3.63) is 22.7 Å². The third-order valence-electron chi connectivity index (χ3n) is 1.87. The van der Waals surface area contributed by atoms with Crippen LogP contribution in [0.4, 0.5) is 11.4 Å². The lowest BCUT2D eigenvalue weighted by Crippen LogP contribution is -2.09. The maximum Gasteiger partial charge on any atom is 0.307 e. The Kier molecular flexibility index (Phi) is 4.42. The first-order valence-corrected chi connectivity index (χ1v) is 5.28. The summed E-state index contributed by atoms with van der Waals surface area (Å²) in [6.07, 6.45) is 0.341. The van der Waals surface area contributed by atoms with E-state index >= 15 is 0 Å². The van der Waals surface area contributed by atoms with Gasteiger partial charge in [-0.05, 0) is 34.1 Å². The van der Waals surface area contributed by atoms with Crippen molar-refractivity contribution >= 4 is 33.3 Å². The molecule has 1 aromatic rings. The van der Waals surface area contributed by atoms with Gasteiger partial charge in [-0.2, -0.15) is 0 Å². The van der Waals surface area contributed by atoms with Gasteiger partial charge in [0.05, 0.1) is 13.5 Å². The van der Waals surface area contributed by atoms with Gasteiger partial charge in [-0.3, -0.25) is 4.79 Å². The van der Waals surface area contributed by atoms with Crippen LogP contribution < -0.4 is 11.1 Å². The Balaban J connectivity index is 2.47. The number of carbonyl (C=O) groups is 1. The number of ether oxygens (including phenoxy) is 1. The molecule has 1 rings (SSSR count). The van der Waals surface area contributed by atoms with Crippen LogP contribution in [0.5, 0.6) is 0 Å². The van der Waals surface area contributed by atoms with Gasteiger partial charge < -0.3 is 15.8 Å². The average Bonchev–Trinajstić information content (AvgIpc) is 2.21. The highest BCUT2D eigenvalue weighted by Gasteiger charge is 2.02. The maximum atomic E-state index is 10.8. The smallest absolute Gasteiger partial charge is 0.307 e. The number of carbonyl (C=O) groups excluding carboxylic acids is 1. The second-order valence-electron chi connectivity index (χ2n) is 2.99. The largest absolute Gasteiger partial charge is 0.469 e. The molecule has 0 atom stereocenters. The van der Waals surface area contributed by atoms with Crippen LogP contribution in [0.2, 0.25) is 0 Å². The van der Waals surface area contributed by atoms with E-state index < -0.39 is 0 Å². The van der Waals surface area contributed by atoms with Crippen molar-refractivity contribution in [1.82, 2.24) is 0 Å². The lowest BCUT2D eigenvalue weighted by Gasteiger charge is -2.08. The molecule has 0 aliphatic rings. The number of methoxy groups -OCH3 is 1. The van der Waals surface area contributed by atoms with Crippen molar-refractivity contribution < 1.29 is 9.53 Å². The monoisotopic (exact) mass is 272 g/mol. The molecule has 0 aliphatic carbocycles. The molecule has 0 amide bonds. The highest BCUT2D eigenvalue weighted by molar-refractivity contribution is 9.10. The van der Waals surface area contributed by atoms with E-state index in [1.54, 1.807) is 12.1 Å². The number of hydrogen-bond acceptors (Lipinski definition) is 4. The molecule has 0 radical (unpaired) electrons. The molecule has 0 saturated heterocycles. The van der Waals surface area contributed by atoms with E-state index in [4.69, 9.17) is 5.73 Å². The zero-order valence-electron chi connectivity index (χ0n) is 8.42. The molecular weight excluding hydrogens is 260 g/mol. The molecule has 0 saturated carbocycles. The molecule has 15 heavy (non-hydrogen) atoms. The fourth-order valence-corrected chi connectivity index (χ4v) is 1.61. The van der Waals surface area contributed by atoms with E-state index in [1.165, 1.54) is 7.11 Å². The molecule has 0 spiro atoms. The van der Waals surface area contributed by atoms with E-state index in [0.717, 1.165) is 10.2 Å². The predicted molar refractivity (Wildman–Crippen MR) is 63.7 cm³/mol. The number of nitrogens with two attached hydrogens (primary N) is 1. The fraction of sp³-hybridized carbons (Fsp3) is 0.300. The molecule has 0 unspecified atom stereocenters. The van der Waals surface area contributed by atoms with Crippen molar-refractivity contribution in [3.8, 4) is 0 Å². The fourth-order valence-electron chi connectivity index (χ4n) is 1.08. The number of nitrogen functional groups attached to an aromatic ring is 1. The van der Waals surface area contributed by atoms with Crippen molar-refractivity contribution in [2.24, 2.45) is 0 Å². The third-order valence-corrected chi connectivity index (χ3v) is 2.52. The Bertz CT molecular complexity index is 355. The first-order chi connectivity index (χ1) is 7.13. The van der Waals surface area contributed by atoms with Crippen LogP contribution in [-0.4, -0.2) is 19.6 Å². The number of rotatable bonds is 4. The molecule has 0 heterocycles. The molecule has 0 aliphatic heterocycles. The zero-order chi connectivity index (χ0) is 11.3. The van der Waals surface area contributed by atoms with Gasteiger partial charge in [-0.1, -0.05) is 0 Å². The van der Waals surface area contributed by atoms with E-state index in [1.807, 2.05) is 6.07 Å². The van der Waals surface area contributed by atoms with Crippen LogP contribution in [-0.2, 0) is 9.53 Å². The quantitative estimate of drug-likeness (QED) is 0.650. The average molecular weight is 273 g/mol. The molecular formula is C10H13BrN2O2. The molecule has 0 bridgehead atoms. The van der Waals surface area contributed by atoms with Crippen LogP contribution in [0, 0.1) is 0 Å². The van der Waals surface area contributed by atoms with Gasteiger partial charge in [-0.15, -0.1) is 0 Å². The minimum Gasteiger partial charge on any atom is -0.469 e. The van der Waals surface area contributed by atoms with Gasteiger partial charge >= 0.3 is 5.97 Å². The van der Waals surface area contributed by atoms with Crippen LogP contribution in [0.3, 0.4) is 0 Å². The number of hydrogen-bond donors (Lipinski definition) is 2. The second-order valence-corrected chi connectivity index (χ2v) is 3.85. The summed E-state index contributed by atoms with van der Waals surface area (Å²) in [5, 5.41) is 3.10. The Hall–Kier alpha value is -1.23. The van der Waals surface area contributed by atoms with Crippen LogP contribution in [0.25, 0.3) is 0 Å². The van der Waals surface area contributed by atoms with Gasteiger partial charge in [0.1, 0.15) is 0 Å². The summed E-state index contributed by atoms with van der Waals surface area (Å²) >= 11 is 3.37. The molecule has 0 aromatic heterocycles. The van der Waals surface area contributed by atoms with Crippen LogP contribution in [0.1, 0.15) is 6.42 Å². The van der Waals surface area contributed by atoms with Crippen molar-refractivity contribution in [2.75, 3.05) is 24.7 Å². The Labute approximate surface area is 96.9 Å². The van der Waals surface area contributed by atoms with Gasteiger partial charge in [0.2, 0.25) is 0 Å². The van der Waals surface area contributed by atoms with Gasteiger partial charge in [-0.25, -0.2) is 0 Å². The molecule has 4 nitrogen and oxygen atoms in total. The highest BCUT2D eigenvalue weighted by Crippen LogP contribution is 2.24. The van der Waals surface area contributed by atoms with Gasteiger partial charge in [0, 0.05) is 22.4 Å². The summed E-state index contributed by atoms with van der Waals surface area (Å²) in [6, 6.07) is 5.46. The lowest BCUT2D eigenvalue weighted by atomic mass is 10.3. The molecule has 82 valence electrons. The van der Waals surface area contributed by atoms with Gasteiger partial charge in [0.15, 0.2) is 0 Å². The Morgan fingerprint density at radius 1 is 1.60 bits per heavy atom. The summed E-state index contributed by atoms with van der Waals surface area (Å²) in [6.45, 7) is 0.537. The number of benzene rings is 1. The lowest BCUT2D eigenvalue weighted by molar-refractivity contribution is -0.140. The first-order valence-electron chi connectivity index (χ1n) is 4.49. The normalized spacial score (nSPS) is 9.73. The number of esters is 1. The summed E-state index contributed by atoms with van der Waals surface area (Å²) in [4.78, 5) is 10.8. The van der Waals surface area contributed by atoms with Crippen molar-refractivity contribution in [3.63, 3.8) is 0 Å².